The molecule has 0 aromatic heterocycles. The minimum Gasteiger partial charge on any atom is -0.329 e. The van der Waals surface area contributed by atoms with Gasteiger partial charge < -0.3 is 5.73 Å². The van der Waals surface area contributed by atoms with Gasteiger partial charge in [0.2, 0.25) is 0 Å². The first-order valence-electron chi connectivity index (χ1n) is 6.33. The van der Waals surface area contributed by atoms with E-state index in [0.717, 1.165) is 11.1 Å². The molecule has 1 atom stereocenters. The van der Waals surface area contributed by atoms with Crippen molar-refractivity contribution in [1.82, 2.24) is 0 Å². The van der Waals surface area contributed by atoms with Crippen LogP contribution in [0.3, 0.4) is 0 Å². The predicted octanol–water partition coefficient (Wildman–Crippen LogP) is 3.85. The van der Waals surface area contributed by atoms with Crippen molar-refractivity contribution in [1.29, 1.82) is 0 Å². The van der Waals surface area contributed by atoms with Crippen molar-refractivity contribution in [2.45, 2.75) is 12.3 Å². The number of hydrogen-bond acceptors (Lipinski definition) is 2. The lowest BCUT2D eigenvalue weighted by Crippen LogP contribution is -2.23. The molecule has 1 unspecified atom stereocenters. The van der Waals surface area contributed by atoms with Crippen molar-refractivity contribution in [3.05, 3.63) is 69.7 Å². The van der Waals surface area contributed by atoms with Gasteiger partial charge in [-0.15, -0.1) is 0 Å². The molecule has 0 aliphatic carbocycles. The van der Waals surface area contributed by atoms with E-state index in [0.29, 0.717) is 23.0 Å². The summed E-state index contributed by atoms with van der Waals surface area (Å²) < 4.78 is 0. The topological polar surface area (TPSA) is 43.1 Å². The maximum Gasteiger partial charge on any atom is 0.145 e. The van der Waals surface area contributed by atoms with E-state index < -0.39 is 0 Å². The zero-order valence-corrected chi connectivity index (χ0v) is 12.4. The van der Waals surface area contributed by atoms with E-state index in [1.807, 2.05) is 36.4 Å². The van der Waals surface area contributed by atoms with Crippen LogP contribution in [0.5, 0.6) is 0 Å². The molecular formula is C16H15Cl2NO. The molecule has 0 bridgehead atoms. The average Bonchev–Trinajstić information content (AvgIpc) is 2.45. The summed E-state index contributed by atoms with van der Waals surface area (Å²) in [5.74, 6) is -0.206. The van der Waals surface area contributed by atoms with Gasteiger partial charge in [-0.25, -0.2) is 0 Å². The molecule has 104 valence electrons. The van der Waals surface area contributed by atoms with Crippen molar-refractivity contribution in [2.75, 3.05) is 6.54 Å². The van der Waals surface area contributed by atoms with E-state index in [1.165, 1.54) is 0 Å². The minimum atomic E-state index is -0.286. The highest BCUT2D eigenvalue weighted by atomic mass is 35.5. The van der Waals surface area contributed by atoms with Crippen LogP contribution in [0.25, 0.3) is 0 Å². The lowest BCUT2D eigenvalue weighted by atomic mass is 9.91. The molecule has 0 spiro atoms. The van der Waals surface area contributed by atoms with Crippen molar-refractivity contribution in [3.63, 3.8) is 0 Å². The van der Waals surface area contributed by atoms with Crippen LogP contribution in [0.1, 0.15) is 17.0 Å². The Kier molecular flexibility index (Phi) is 5.18. The first-order chi connectivity index (χ1) is 9.61. The molecule has 0 aliphatic heterocycles. The van der Waals surface area contributed by atoms with E-state index in [-0.39, 0.29) is 11.7 Å². The van der Waals surface area contributed by atoms with Crippen molar-refractivity contribution in [2.24, 2.45) is 5.73 Å². The number of carbonyl (C=O) groups is 1. The van der Waals surface area contributed by atoms with E-state index in [1.54, 1.807) is 12.1 Å². The highest BCUT2D eigenvalue weighted by molar-refractivity contribution is 6.42. The van der Waals surface area contributed by atoms with Crippen LogP contribution in [-0.4, -0.2) is 12.3 Å². The summed E-state index contributed by atoms with van der Waals surface area (Å²) in [6, 6.07) is 14.8. The number of hydrogen-bond donors (Lipinski definition) is 1. The number of benzene rings is 2. The Morgan fingerprint density at radius 3 is 2.35 bits per heavy atom. The molecule has 2 N–H and O–H groups in total. The zero-order valence-electron chi connectivity index (χ0n) is 10.9. The van der Waals surface area contributed by atoms with Crippen LogP contribution < -0.4 is 5.73 Å². The number of nitrogens with two attached hydrogens (primary N) is 1. The molecule has 2 aromatic rings. The maximum absolute atomic E-state index is 12.4. The third-order valence-electron chi connectivity index (χ3n) is 3.19. The Balaban J connectivity index is 2.15. The zero-order chi connectivity index (χ0) is 14.5. The molecule has 2 nitrogen and oxygen atoms in total. The molecule has 0 aliphatic rings. The number of halogens is 2. The monoisotopic (exact) mass is 307 g/mol. The Hall–Kier alpha value is -1.35. The van der Waals surface area contributed by atoms with Crippen LogP contribution in [0.2, 0.25) is 10.0 Å². The maximum atomic E-state index is 12.4. The first kappa shape index (κ1) is 15.0. The standard InChI is InChI=1S/C16H15Cl2NO/c17-14-7-6-11(8-15(14)18)9-16(20)13(10-19)12-4-2-1-3-5-12/h1-8,13H,9-10,19H2. The van der Waals surface area contributed by atoms with Gasteiger partial charge in [-0.05, 0) is 23.3 Å². The highest BCUT2D eigenvalue weighted by Gasteiger charge is 2.19. The fourth-order valence-corrected chi connectivity index (χ4v) is 2.43. The van der Waals surface area contributed by atoms with Gasteiger partial charge in [-0.3, -0.25) is 4.79 Å². The lowest BCUT2D eigenvalue weighted by molar-refractivity contribution is -0.119. The van der Waals surface area contributed by atoms with Crippen LogP contribution in [0, 0.1) is 0 Å². The van der Waals surface area contributed by atoms with Gasteiger partial charge >= 0.3 is 0 Å². The predicted molar refractivity (Wildman–Crippen MR) is 83.4 cm³/mol. The summed E-state index contributed by atoms with van der Waals surface area (Å²) >= 11 is 11.8. The van der Waals surface area contributed by atoms with Crippen LogP contribution >= 0.6 is 23.2 Å². The number of rotatable bonds is 5. The summed E-state index contributed by atoms with van der Waals surface area (Å²) in [4.78, 5) is 12.4. The Labute approximate surface area is 128 Å². The quantitative estimate of drug-likeness (QED) is 0.912. The van der Waals surface area contributed by atoms with Gasteiger partial charge in [0.25, 0.3) is 0 Å². The second-order valence-electron chi connectivity index (χ2n) is 4.59. The summed E-state index contributed by atoms with van der Waals surface area (Å²) in [5.41, 5.74) is 7.54. The first-order valence-corrected chi connectivity index (χ1v) is 7.09. The van der Waals surface area contributed by atoms with Gasteiger partial charge in [-0.1, -0.05) is 59.6 Å². The molecule has 0 saturated carbocycles. The smallest absolute Gasteiger partial charge is 0.145 e. The minimum absolute atomic E-state index is 0.0806. The van der Waals surface area contributed by atoms with Gasteiger partial charge in [0.15, 0.2) is 0 Å². The molecule has 2 rings (SSSR count). The van der Waals surface area contributed by atoms with E-state index >= 15 is 0 Å². The van der Waals surface area contributed by atoms with Crippen LogP contribution in [0.15, 0.2) is 48.5 Å². The van der Waals surface area contributed by atoms with E-state index in [2.05, 4.69) is 0 Å². The van der Waals surface area contributed by atoms with Crippen molar-refractivity contribution in [3.8, 4) is 0 Å². The van der Waals surface area contributed by atoms with Gasteiger partial charge in [0, 0.05) is 13.0 Å². The van der Waals surface area contributed by atoms with E-state index in [9.17, 15) is 4.79 Å². The number of ketones is 1. The van der Waals surface area contributed by atoms with E-state index in [4.69, 9.17) is 28.9 Å². The lowest BCUT2D eigenvalue weighted by Gasteiger charge is -2.14. The van der Waals surface area contributed by atoms with Gasteiger partial charge in [-0.2, -0.15) is 0 Å². The van der Waals surface area contributed by atoms with Gasteiger partial charge in [0.1, 0.15) is 5.78 Å². The molecule has 0 saturated heterocycles. The SMILES string of the molecule is NCC(C(=O)Cc1ccc(Cl)c(Cl)c1)c1ccccc1. The second kappa shape index (κ2) is 6.89. The number of carbonyl (C=O) groups excluding carboxylic acids is 1. The third kappa shape index (κ3) is 3.60. The summed E-state index contributed by atoms with van der Waals surface area (Å²) in [5, 5.41) is 0.947. The Morgan fingerprint density at radius 1 is 1.05 bits per heavy atom. The molecule has 2 aromatic carbocycles. The summed E-state index contributed by atoms with van der Waals surface area (Å²) in [7, 11) is 0. The molecule has 4 heteroatoms. The average molecular weight is 308 g/mol. The molecule has 0 radical (unpaired) electrons. The van der Waals surface area contributed by atoms with Crippen molar-refractivity contribution >= 4 is 29.0 Å². The normalized spacial score (nSPS) is 12.2. The third-order valence-corrected chi connectivity index (χ3v) is 3.93. The second-order valence-corrected chi connectivity index (χ2v) is 5.40. The van der Waals surface area contributed by atoms with Gasteiger partial charge in [0.05, 0.1) is 16.0 Å². The molecule has 0 amide bonds. The van der Waals surface area contributed by atoms with Crippen LogP contribution in [0.4, 0.5) is 0 Å². The molecule has 0 heterocycles. The number of Topliss-reactive ketones (excluding diaryl/α,β-unsaturated/α-hetero) is 1. The highest BCUT2D eigenvalue weighted by Crippen LogP contribution is 2.24. The van der Waals surface area contributed by atoms with Crippen molar-refractivity contribution < 1.29 is 4.79 Å². The fourth-order valence-electron chi connectivity index (χ4n) is 2.11. The fraction of sp³-hybridized carbons (Fsp3) is 0.188. The Morgan fingerprint density at radius 2 is 1.75 bits per heavy atom. The Bertz CT molecular complexity index is 599. The largest absolute Gasteiger partial charge is 0.329 e. The molecular weight excluding hydrogens is 293 g/mol. The summed E-state index contributed by atoms with van der Waals surface area (Å²) in [6.07, 6.45) is 0.299. The molecule has 0 fully saturated rings. The summed E-state index contributed by atoms with van der Waals surface area (Å²) in [6.45, 7) is 0.296. The molecule has 20 heavy (non-hydrogen) atoms. The van der Waals surface area contributed by atoms with Crippen LogP contribution in [-0.2, 0) is 11.2 Å².